The van der Waals surface area contributed by atoms with Crippen LogP contribution in [-0.4, -0.2) is 64.3 Å². The van der Waals surface area contributed by atoms with Crippen LogP contribution in [0.2, 0.25) is 0 Å². The number of amides is 2. The zero-order valence-corrected chi connectivity index (χ0v) is 15.4. The first kappa shape index (κ1) is 17.0. The predicted octanol–water partition coefficient (Wildman–Crippen LogP) is 0.436. The van der Waals surface area contributed by atoms with Crippen LogP contribution in [0.4, 0.5) is 10.5 Å². The van der Waals surface area contributed by atoms with Gasteiger partial charge >= 0.3 is 6.03 Å². The van der Waals surface area contributed by atoms with Crippen molar-refractivity contribution >= 4 is 21.7 Å². The van der Waals surface area contributed by atoms with Crippen LogP contribution in [0.5, 0.6) is 0 Å². The van der Waals surface area contributed by atoms with E-state index >= 15 is 0 Å². The molecule has 0 aliphatic carbocycles. The maximum atomic E-state index is 12.6. The fraction of sp³-hybridized carbons (Fsp3) is 0.533. The average Bonchev–Trinajstić information content (AvgIpc) is 3.24. The van der Waals surface area contributed by atoms with Crippen LogP contribution in [-0.2, 0) is 10.0 Å². The van der Waals surface area contributed by atoms with Crippen molar-refractivity contribution in [3.8, 4) is 0 Å². The van der Waals surface area contributed by atoms with Crippen LogP contribution in [0.1, 0.15) is 25.9 Å². The number of carbonyl (C=O) groups excluding carboxylic acids is 1. The quantitative estimate of drug-likeness (QED) is 0.811. The molecule has 0 atom stereocenters. The Hall–Kier alpha value is -2.40. The summed E-state index contributed by atoms with van der Waals surface area (Å²) in [6.45, 7) is 5.83. The lowest BCUT2D eigenvalue weighted by molar-refractivity contribution is 0.191. The summed E-state index contributed by atoms with van der Waals surface area (Å²) in [5.74, 6) is 0. The number of anilines is 1. The maximum absolute atomic E-state index is 12.6. The number of urea groups is 1. The molecule has 2 amide bonds. The minimum atomic E-state index is -3.59. The highest BCUT2D eigenvalue weighted by atomic mass is 32.2. The molecule has 0 saturated carbocycles. The fourth-order valence-corrected chi connectivity index (χ4v) is 4.47. The van der Waals surface area contributed by atoms with Crippen molar-refractivity contribution in [2.24, 2.45) is 0 Å². The minimum absolute atomic E-state index is 0.0450. The van der Waals surface area contributed by atoms with E-state index in [0.717, 1.165) is 5.69 Å². The Kier molecular flexibility index (Phi) is 3.99. The van der Waals surface area contributed by atoms with Crippen LogP contribution in [0, 0.1) is 0 Å². The Balaban J connectivity index is 1.43. The normalized spacial score (nSPS) is 19.2. The molecule has 0 bridgehead atoms. The number of imidazole rings is 1. The SMILES string of the molecule is CC(C)n1cnc(S(=O)(=O)N2CC(n3cc(N4CCNC4=O)cn3)C2)c1. The molecule has 2 aliphatic heterocycles. The minimum Gasteiger partial charge on any atom is -0.336 e. The number of nitrogens with zero attached hydrogens (tertiary/aromatic N) is 6. The summed E-state index contributed by atoms with van der Waals surface area (Å²) >= 11 is 0. The molecule has 26 heavy (non-hydrogen) atoms. The van der Waals surface area contributed by atoms with Gasteiger partial charge in [-0.1, -0.05) is 0 Å². The summed E-state index contributed by atoms with van der Waals surface area (Å²) in [5, 5.41) is 7.10. The second-order valence-electron chi connectivity index (χ2n) is 6.79. The van der Waals surface area contributed by atoms with Gasteiger partial charge in [0.05, 0.1) is 24.3 Å². The number of carbonyl (C=O) groups is 1. The van der Waals surface area contributed by atoms with Crippen LogP contribution >= 0.6 is 0 Å². The van der Waals surface area contributed by atoms with E-state index in [1.54, 1.807) is 32.7 Å². The molecule has 2 aliphatic rings. The van der Waals surface area contributed by atoms with E-state index in [-0.39, 0.29) is 23.1 Å². The van der Waals surface area contributed by atoms with Crippen molar-refractivity contribution in [1.82, 2.24) is 29.0 Å². The zero-order valence-electron chi connectivity index (χ0n) is 14.6. The van der Waals surface area contributed by atoms with E-state index in [9.17, 15) is 13.2 Å². The summed E-state index contributed by atoms with van der Waals surface area (Å²) in [5.41, 5.74) is 0.719. The third-order valence-electron chi connectivity index (χ3n) is 4.74. The Labute approximate surface area is 151 Å². The molecule has 2 fully saturated rings. The lowest BCUT2D eigenvalue weighted by Crippen LogP contribution is -2.50. The van der Waals surface area contributed by atoms with Crippen molar-refractivity contribution in [3.63, 3.8) is 0 Å². The standard InChI is InChI=1S/C15H21N7O3S/c1-11(2)19-9-14(17-10-19)26(24,25)20-6-13(7-20)22-8-12(5-18-22)21-4-3-16-15(21)23/h5,8-11,13H,3-4,6-7H2,1-2H3,(H,16,23). The predicted molar refractivity (Wildman–Crippen MR) is 93.4 cm³/mol. The molecular weight excluding hydrogens is 358 g/mol. The number of sulfonamides is 1. The third kappa shape index (κ3) is 2.76. The second-order valence-corrected chi connectivity index (χ2v) is 8.68. The summed E-state index contributed by atoms with van der Waals surface area (Å²) in [6.07, 6.45) is 6.51. The lowest BCUT2D eigenvalue weighted by Gasteiger charge is -2.37. The zero-order chi connectivity index (χ0) is 18.5. The molecule has 4 rings (SSSR count). The van der Waals surface area contributed by atoms with Crippen LogP contribution in [0.3, 0.4) is 0 Å². The van der Waals surface area contributed by atoms with Gasteiger partial charge in [0, 0.05) is 44.6 Å². The van der Waals surface area contributed by atoms with Gasteiger partial charge < -0.3 is 9.88 Å². The maximum Gasteiger partial charge on any atom is 0.322 e. The highest BCUT2D eigenvalue weighted by Gasteiger charge is 2.39. The van der Waals surface area contributed by atoms with Gasteiger partial charge in [-0.2, -0.15) is 9.40 Å². The van der Waals surface area contributed by atoms with Crippen molar-refractivity contribution < 1.29 is 13.2 Å². The number of nitrogens with one attached hydrogen (secondary N) is 1. The van der Waals surface area contributed by atoms with Crippen molar-refractivity contribution in [2.75, 3.05) is 31.1 Å². The first-order valence-electron chi connectivity index (χ1n) is 8.49. The molecule has 11 heteroatoms. The van der Waals surface area contributed by atoms with Crippen LogP contribution in [0.25, 0.3) is 0 Å². The Morgan fingerprint density at radius 3 is 2.65 bits per heavy atom. The molecular formula is C15H21N7O3S. The number of rotatable bonds is 5. The fourth-order valence-electron chi connectivity index (χ4n) is 3.03. The molecule has 2 aromatic rings. The van der Waals surface area contributed by atoms with E-state index in [1.165, 1.54) is 10.6 Å². The van der Waals surface area contributed by atoms with Gasteiger partial charge in [-0.05, 0) is 13.8 Å². The Morgan fingerprint density at radius 1 is 1.27 bits per heavy atom. The molecule has 140 valence electrons. The van der Waals surface area contributed by atoms with E-state index in [1.807, 2.05) is 13.8 Å². The van der Waals surface area contributed by atoms with Gasteiger partial charge in [-0.3, -0.25) is 9.58 Å². The van der Waals surface area contributed by atoms with Gasteiger partial charge in [0.15, 0.2) is 5.03 Å². The number of hydrogen-bond donors (Lipinski definition) is 1. The third-order valence-corrected chi connectivity index (χ3v) is 6.45. The van der Waals surface area contributed by atoms with E-state index in [0.29, 0.717) is 26.2 Å². The Bertz CT molecular complexity index is 927. The van der Waals surface area contributed by atoms with Gasteiger partial charge in [0.2, 0.25) is 0 Å². The summed E-state index contributed by atoms with van der Waals surface area (Å²) in [4.78, 5) is 17.4. The number of hydrogen-bond acceptors (Lipinski definition) is 5. The topological polar surface area (TPSA) is 105 Å². The average molecular weight is 379 g/mol. The van der Waals surface area contributed by atoms with E-state index in [4.69, 9.17) is 0 Å². The van der Waals surface area contributed by atoms with E-state index in [2.05, 4.69) is 15.4 Å². The highest BCUT2D eigenvalue weighted by molar-refractivity contribution is 7.89. The van der Waals surface area contributed by atoms with Crippen molar-refractivity contribution in [1.29, 1.82) is 0 Å². The second kappa shape index (κ2) is 6.09. The van der Waals surface area contributed by atoms with Crippen LogP contribution in [0.15, 0.2) is 29.9 Å². The molecule has 2 aromatic heterocycles. The van der Waals surface area contributed by atoms with Gasteiger partial charge in [-0.25, -0.2) is 18.2 Å². The monoisotopic (exact) mass is 379 g/mol. The van der Waals surface area contributed by atoms with Crippen molar-refractivity contribution in [2.45, 2.75) is 31.0 Å². The van der Waals surface area contributed by atoms with Gasteiger partial charge in [0.25, 0.3) is 10.0 Å². The lowest BCUT2D eigenvalue weighted by atomic mass is 10.2. The first-order valence-corrected chi connectivity index (χ1v) is 9.93. The summed E-state index contributed by atoms with van der Waals surface area (Å²) < 4.78 is 30.2. The molecule has 10 nitrogen and oxygen atoms in total. The smallest absolute Gasteiger partial charge is 0.322 e. The molecule has 2 saturated heterocycles. The highest BCUT2D eigenvalue weighted by Crippen LogP contribution is 2.29. The van der Waals surface area contributed by atoms with Gasteiger partial charge in [0.1, 0.15) is 0 Å². The Morgan fingerprint density at radius 2 is 2.04 bits per heavy atom. The first-order chi connectivity index (χ1) is 12.4. The molecule has 1 N–H and O–H groups in total. The van der Waals surface area contributed by atoms with E-state index < -0.39 is 10.0 Å². The van der Waals surface area contributed by atoms with Crippen LogP contribution < -0.4 is 10.2 Å². The summed E-state index contributed by atoms with van der Waals surface area (Å²) in [7, 11) is -3.59. The van der Waals surface area contributed by atoms with Crippen molar-refractivity contribution in [3.05, 3.63) is 24.9 Å². The molecule has 4 heterocycles. The molecule has 0 unspecified atom stereocenters. The number of aromatic nitrogens is 4. The molecule has 0 radical (unpaired) electrons. The van der Waals surface area contributed by atoms with Gasteiger partial charge in [-0.15, -0.1) is 0 Å². The largest absolute Gasteiger partial charge is 0.336 e. The molecule has 0 spiro atoms. The summed E-state index contributed by atoms with van der Waals surface area (Å²) in [6, 6.07) is -0.0275. The molecule has 0 aromatic carbocycles.